The van der Waals surface area contributed by atoms with Crippen LogP contribution in [-0.2, 0) is 4.79 Å². The Bertz CT molecular complexity index is 499. The SMILES string of the molecule is O=CNN=c1occn1-c1ccccc1. The molecule has 5 nitrogen and oxygen atoms in total. The molecule has 0 atom stereocenters. The Balaban J connectivity index is 2.46. The van der Waals surface area contributed by atoms with E-state index >= 15 is 0 Å². The van der Waals surface area contributed by atoms with Crippen LogP contribution in [0.3, 0.4) is 0 Å². The molecule has 1 amide bonds. The molecule has 0 saturated heterocycles. The van der Waals surface area contributed by atoms with E-state index in [0.717, 1.165) is 5.69 Å². The van der Waals surface area contributed by atoms with Crippen molar-refractivity contribution in [3.05, 3.63) is 48.5 Å². The van der Waals surface area contributed by atoms with Crippen LogP contribution in [0.15, 0.2) is 52.3 Å². The first kappa shape index (κ1) is 9.26. The molecule has 2 aromatic rings. The van der Waals surface area contributed by atoms with Gasteiger partial charge in [-0.25, -0.2) is 5.43 Å². The van der Waals surface area contributed by atoms with Crippen LogP contribution in [0.4, 0.5) is 0 Å². The van der Waals surface area contributed by atoms with Crippen LogP contribution in [0, 0.1) is 0 Å². The van der Waals surface area contributed by atoms with Crippen LogP contribution in [0.2, 0.25) is 0 Å². The van der Waals surface area contributed by atoms with Gasteiger partial charge in [-0.15, -0.1) is 5.10 Å². The molecule has 0 aliphatic heterocycles. The molecular formula is C10H9N3O2. The fourth-order valence-electron chi connectivity index (χ4n) is 1.22. The van der Waals surface area contributed by atoms with Gasteiger partial charge in [0.15, 0.2) is 0 Å². The van der Waals surface area contributed by atoms with Crippen molar-refractivity contribution in [2.75, 3.05) is 0 Å². The van der Waals surface area contributed by atoms with Crippen LogP contribution < -0.4 is 11.1 Å². The maximum Gasteiger partial charge on any atom is 0.323 e. The van der Waals surface area contributed by atoms with Crippen molar-refractivity contribution in [2.45, 2.75) is 0 Å². The van der Waals surface area contributed by atoms with E-state index in [-0.39, 0.29) is 0 Å². The van der Waals surface area contributed by atoms with Crippen molar-refractivity contribution in [3.63, 3.8) is 0 Å². The number of hydrogen-bond acceptors (Lipinski definition) is 3. The normalized spacial score (nSPS) is 11.3. The molecular weight excluding hydrogens is 194 g/mol. The first-order valence-corrected chi connectivity index (χ1v) is 4.36. The van der Waals surface area contributed by atoms with E-state index < -0.39 is 0 Å². The summed E-state index contributed by atoms with van der Waals surface area (Å²) in [5.74, 6) is 0. The Morgan fingerprint density at radius 2 is 2.13 bits per heavy atom. The Kier molecular flexibility index (Phi) is 2.64. The molecule has 0 unspecified atom stereocenters. The largest absolute Gasteiger partial charge is 0.431 e. The summed E-state index contributed by atoms with van der Waals surface area (Å²) in [6, 6.07) is 9.56. The second-order valence-electron chi connectivity index (χ2n) is 2.75. The number of aromatic nitrogens is 1. The average molecular weight is 203 g/mol. The molecule has 5 heteroatoms. The van der Waals surface area contributed by atoms with Gasteiger partial charge in [-0.3, -0.25) is 9.36 Å². The van der Waals surface area contributed by atoms with Crippen molar-refractivity contribution >= 4 is 6.41 Å². The van der Waals surface area contributed by atoms with Crippen LogP contribution in [0.5, 0.6) is 0 Å². The molecule has 0 aliphatic carbocycles. The molecule has 1 aromatic heterocycles. The molecule has 0 saturated carbocycles. The molecule has 0 aliphatic rings. The highest BCUT2D eigenvalue weighted by Crippen LogP contribution is 2.02. The number of carbonyl (C=O) groups excluding carboxylic acids is 1. The third kappa shape index (κ3) is 1.96. The van der Waals surface area contributed by atoms with E-state index in [1.807, 2.05) is 30.3 Å². The van der Waals surface area contributed by atoms with Gasteiger partial charge in [0.25, 0.3) is 0 Å². The first-order valence-electron chi connectivity index (χ1n) is 4.36. The Hall–Kier alpha value is -2.30. The fourth-order valence-corrected chi connectivity index (χ4v) is 1.22. The minimum absolute atomic E-state index is 0.313. The van der Waals surface area contributed by atoms with Crippen molar-refractivity contribution < 1.29 is 9.21 Å². The highest BCUT2D eigenvalue weighted by molar-refractivity contribution is 5.44. The minimum atomic E-state index is 0.313. The average Bonchev–Trinajstić information content (AvgIpc) is 2.75. The van der Waals surface area contributed by atoms with Crippen molar-refractivity contribution in [3.8, 4) is 5.69 Å². The van der Waals surface area contributed by atoms with Gasteiger partial charge in [0.05, 0.1) is 5.69 Å². The summed E-state index contributed by atoms with van der Waals surface area (Å²) in [6.45, 7) is 0. The number of hydrogen-bond donors (Lipinski definition) is 1. The van der Waals surface area contributed by atoms with Gasteiger partial charge >= 0.3 is 5.68 Å². The van der Waals surface area contributed by atoms with Gasteiger partial charge in [0, 0.05) is 6.20 Å². The quantitative estimate of drug-likeness (QED) is 0.587. The minimum Gasteiger partial charge on any atom is -0.431 e. The van der Waals surface area contributed by atoms with Crippen molar-refractivity contribution in [2.24, 2.45) is 5.10 Å². The number of oxazole rings is 1. The lowest BCUT2D eigenvalue weighted by Crippen LogP contribution is -2.18. The Morgan fingerprint density at radius 1 is 1.33 bits per heavy atom. The van der Waals surface area contributed by atoms with Gasteiger partial charge in [-0.2, -0.15) is 0 Å². The first-order chi connectivity index (χ1) is 7.42. The number of rotatable bonds is 3. The topological polar surface area (TPSA) is 59.5 Å². The summed E-state index contributed by atoms with van der Waals surface area (Å²) in [5.41, 5.74) is 3.42. The third-order valence-electron chi connectivity index (χ3n) is 1.84. The predicted molar refractivity (Wildman–Crippen MR) is 52.8 cm³/mol. The second kappa shape index (κ2) is 4.28. The van der Waals surface area contributed by atoms with E-state index in [2.05, 4.69) is 10.5 Å². The summed E-state index contributed by atoms with van der Waals surface area (Å²) in [7, 11) is 0. The number of nitrogens with one attached hydrogen (secondary N) is 1. The summed E-state index contributed by atoms with van der Waals surface area (Å²) in [4.78, 5) is 10.1. The zero-order valence-electron chi connectivity index (χ0n) is 7.83. The molecule has 0 radical (unpaired) electrons. The molecule has 0 fully saturated rings. The zero-order chi connectivity index (χ0) is 10.5. The zero-order valence-corrected chi connectivity index (χ0v) is 7.83. The smallest absolute Gasteiger partial charge is 0.323 e. The van der Waals surface area contributed by atoms with Gasteiger partial charge in [0.1, 0.15) is 6.26 Å². The summed E-state index contributed by atoms with van der Waals surface area (Å²) < 4.78 is 6.81. The molecule has 1 N–H and O–H groups in total. The van der Waals surface area contributed by atoms with Crippen molar-refractivity contribution in [1.29, 1.82) is 0 Å². The van der Waals surface area contributed by atoms with Crippen LogP contribution in [0.1, 0.15) is 0 Å². The lowest BCUT2D eigenvalue weighted by atomic mass is 10.3. The van der Waals surface area contributed by atoms with Gasteiger partial charge < -0.3 is 4.42 Å². The molecule has 1 heterocycles. The molecule has 0 bridgehead atoms. The van der Waals surface area contributed by atoms with E-state index in [9.17, 15) is 4.79 Å². The molecule has 76 valence electrons. The summed E-state index contributed by atoms with van der Waals surface area (Å²) in [6.07, 6.45) is 3.71. The molecule has 15 heavy (non-hydrogen) atoms. The van der Waals surface area contributed by atoms with E-state index in [0.29, 0.717) is 12.1 Å². The van der Waals surface area contributed by atoms with Crippen LogP contribution >= 0.6 is 0 Å². The lowest BCUT2D eigenvalue weighted by Gasteiger charge is -1.99. The number of carbonyl (C=O) groups is 1. The number of para-hydroxylation sites is 1. The number of benzene rings is 1. The number of nitrogens with zero attached hydrogens (tertiary/aromatic N) is 2. The van der Waals surface area contributed by atoms with E-state index in [4.69, 9.17) is 4.42 Å². The maximum atomic E-state index is 10.1. The maximum absolute atomic E-state index is 10.1. The standard InChI is InChI=1S/C10H9N3O2/c14-8-11-12-10-13(6-7-15-10)9-4-2-1-3-5-9/h1-8H,(H,11,14). The Morgan fingerprint density at radius 3 is 2.87 bits per heavy atom. The number of amides is 1. The molecule has 1 aromatic carbocycles. The lowest BCUT2D eigenvalue weighted by molar-refractivity contribution is -0.109. The van der Waals surface area contributed by atoms with E-state index in [1.165, 1.54) is 6.26 Å². The molecule has 2 rings (SSSR count). The third-order valence-corrected chi connectivity index (χ3v) is 1.84. The highest BCUT2D eigenvalue weighted by Gasteiger charge is 1.98. The Labute approximate surface area is 85.7 Å². The van der Waals surface area contributed by atoms with Gasteiger partial charge in [-0.05, 0) is 12.1 Å². The fraction of sp³-hybridized carbons (Fsp3) is 0. The highest BCUT2D eigenvalue weighted by atomic mass is 16.3. The van der Waals surface area contributed by atoms with Crippen LogP contribution in [-0.4, -0.2) is 11.0 Å². The van der Waals surface area contributed by atoms with E-state index in [1.54, 1.807) is 10.8 Å². The van der Waals surface area contributed by atoms with Gasteiger partial charge in [-0.1, -0.05) is 18.2 Å². The summed E-state index contributed by atoms with van der Waals surface area (Å²) >= 11 is 0. The molecule has 0 spiro atoms. The van der Waals surface area contributed by atoms with Crippen molar-refractivity contribution in [1.82, 2.24) is 9.99 Å². The van der Waals surface area contributed by atoms with Crippen LogP contribution in [0.25, 0.3) is 5.69 Å². The summed E-state index contributed by atoms with van der Waals surface area (Å²) in [5, 5.41) is 3.74. The second-order valence-corrected chi connectivity index (χ2v) is 2.75. The van der Waals surface area contributed by atoms with Gasteiger partial charge in [0.2, 0.25) is 6.41 Å². The monoisotopic (exact) mass is 203 g/mol. The predicted octanol–water partition coefficient (Wildman–Crippen LogP) is 0.632.